The van der Waals surface area contributed by atoms with Gasteiger partial charge in [0, 0.05) is 13.2 Å². The highest BCUT2D eigenvalue weighted by Crippen LogP contribution is 2.07. The van der Waals surface area contributed by atoms with Gasteiger partial charge in [0.1, 0.15) is 0 Å². The summed E-state index contributed by atoms with van der Waals surface area (Å²) in [4.78, 5) is 21.5. The van der Waals surface area contributed by atoms with Crippen LogP contribution in [0.4, 0.5) is 0 Å². The van der Waals surface area contributed by atoms with Crippen molar-refractivity contribution in [1.82, 2.24) is 5.32 Å². The molecule has 0 rings (SSSR count). The number of carboxylic acid groups (broad SMARTS) is 1. The average molecular weight is 249 g/mol. The van der Waals surface area contributed by atoms with E-state index in [4.69, 9.17) is 9.84 Å². The predicted octanol–water partition coefficient (Wildman–Crippen LogP) is 0.735. The number of carbonyl (C=O) groups is 2. The van der Waals surface area contributed by atoms with Crippen molar-refractivity contribution in [2.24, 2.45) is 0 Å². The van der Waals surface area contributed by atoms with Gasteiger partial charge in [-0.25, -0.2) is 0 Å². The number of rotatable bonds is 8. The molecule has 0 aromatic rings. The van der Waals surface area contributed by atoms with Crippen molar-refractivity contribution in [3.05, 3.63) is 0 Å². The first-order valence-electron chi connectivity index (χ1n) is 5.07. The smallest absolute Gasteiger partial charge is 0.313 e. The van der Waals surface area contributed by atoms with Crippen LogP contribution in [0, 0.1) is 0 Å². The molecule has 0 radical (unpaired) electrons. The van der Waals surface area contributed by atoms with E-state index in [1.54, 1.807) is 0 Å². The highest BCUT2D eigenvalue weighted by Gasteiger charge is 2.18. The van der Waals surface area contributed by atoms with Crippen molar-refractivity contribution in [2.45, 2.75) is 26.4 Å². The van der Waals surface area contributed by atoms with Crippen LogP contribution in [0.3, 0.4) is 0 Å². The Bertz CT molecular complexity index is 243. The fourth-order valence-electron chi connectivity index (χ4n) is 1.04. The summed E-state index contributed by atoms with van der Waals surface area (Å²) in [5, 5.41) is 11.1. The van der Waals surface area contributed by atoms with E-state index in [0.29, 0.717) is 13.2 Å². The molecule has 0 heterocycles. The first-order chi connectivity index (χ1) is 7.37. The van der Waals surface area contributed by atoms with E-state index in [-0.39, 0.29) is 23.0 Å². The van der Waals surface area contributed by atoms with E-state index in [9.17, 15) is 9.59 Å². The standard InChI is InChI=1S/C10H19NO4S/c1-4-15-10(2,3)7-11-8(12)5-16-6-9(13)14/h4-7H2,1-3H3,(H,11,12)(H,13,14). The average Bonchev–Trinajstić information content (AvgIpc) is 2.14. The van der Waals surface area contributed by atoms with E-state index >= 15 is 0 Å². The summed E-state index contributed by atoms with van der Waals surface area (Å²) in [6, 6.07) is 0. The number of aliphatic carboxylic acids is 1. The highest BCUT2D eigenvalue weighted by molar-refractivity contribution is 8.00. The van der Waals surface area contributed by atoms with Crippen LogP contribution in [0.25, 0.3) is 0 Å². The number of thioether (sulfide) groups is 1. The maximum absolute atomic E-state index is 11.3. The van der Waals surface area contributed by atoms with E-state index < -0.39 is 5.97 Å². The quantitative estimate of drug-likeness (QED) is 0.663. The van der Waals surface area contributed by atoms with Gasteiger partial charge in [0.2, 0.25) is 5.91 Å². The molecular weight excluding hydrogens is 230 g/mol. The van der Waals surface area contributed by atoms with Crippen molar-refractivity contribution in [2.75, 3.05) is 24.7 Å². The lowest BCUT2D eigenvalue weighted by atomic mass is 10.1. The van der Waals surface area contributed by atoms with Crippen LogP contribution in [0.2, 0.25) is 0 Å². The Labute approximate surface area is 99.9 Å². The fourth-order valence-corrected chi connectivity index (χ4v) is 1.60. The Morgan fingerprint density at radius 2 is 2.00 bits per heavy atom. The number of nitrogens with one attached hydrogen (secondary N) is 1. The van der Waals surface area contributed by atoms with Gasteiger partial charge >= 0.3 is 5.97 Å². The molecule has 0 aliphatic heterocycles. The summed E-state index contributed by atoms with van der Waals surface area (Å²) in [7, 11) is 0. The van der Waals surface area contributed by atoms with Crippen LogP contribution in [0.15, 0.2) is 0 Å². The van der Waals surface area contributed by atoms with Crippen molar-refractivity contribution < 1.29 is 19.4 Å². The molecule has 1 amide bonds. The van der Waals surface area contributed by atoms with Crippen molar-refractivity contribution in [3.8, 4) is 0 Å². The van der Waals surface area contributed by atoms with Crippen molar-refractivity contribution >= 4 is 23.6 Å². The van der Waals surface area contributed by atoms with Gasteiger partial charge in [-0.05, 0) is 20.8 Å². The first kappa shape index (κ1) is 15.2. The zero-order valence-corrected chi connectivity index (χ0v) is 10.7. The number of carbonyl (C=O) groups excluding carboxylic acids is 1. The topological polar surface area (TPSA) is 75.6 Å². The molecule has 0 atom stereocenters. The summed E-state index contributed by atoms with van der Waals surface area (Å²) >= 11 is 1.08. The third-order valence-corrected chi connectivity index (χ3v) is 2.62. The second-order valence-corrected chi connectivity index (χ2v) is 4.84. The molecule has 94 valence electrons. The number of carboxylic acids is 1. The zero-order chi connectivity index (χ0) is 12.6. The molecule has 0 saturated heterocycles. The Hall–Kier alpha value is -0.750. The van der Waals surface area contributed by atoms with Crippen LogP contribution in [-0.2, 0) is 14.3 Å². The molecule has 0 fully saturated rings. The summed E-state index contributed by atoms with van der Waals surface area (Å²) in [6.45, 7) is 6.69. The van der Waals surface area contributed by atoms with E-state index in [1.807, 2.05) is 20.8 Å². The molecule has 0 saturated carbocycles. The fraction of sp³-hybridized carbons (Fsp3) is 0.800. The monoisotopic (exact) mass is 249 g/mol. The number of amides is 1. The number of ether oxygens (including phenoxy) is 1. The molecule has 16 heavy (non-hydrogen) atoms. The van der Waals surface area contributed by atoms with Crippen molar-refractivity contribution in [1.29, 1.82) is 0 Å². The van der Waals surface area contributed by atoms with Crippen LogP contribution >= 0.6 is 11.8 Å². The Kier molecular flexibility index (Phi) is 7.16. The Balaban J connectivity index is 3.68. The van der Waals surface area contributed by atoms with Gasteiger partial charge in [-0.3, -0.25) is 9.59 Å². The van der Waals surface area contributed by atoms with E-state index in [0.717, 1.165) is 11.8 Å². The molecule has 0 bridgehead atoms. The maximum atomic E-state index is 11.3. The van der Waals surface area contributed by atoms with Crippen LogP contribution in [0.1, 0.15) is 20.8 Å². The maximum Gasteiger partial charge on any atom is 0.313 e. The SMILES string of the molecule is CCOC(C)(C)CNC(=O)CSCC(=O)O. The van der Waals surface area contributed by atoms with Crippen LogP contribution in [-0.4, -0.2) is 47.2 Å². The molecule has 6 heteroatoms. The van der Waals surface area contributed by atoms with Gasteiger partial charge in [0.05, 0.1) is 17.1 Å². The van der Waals surface area contributed by atoms with Crippen LogP contribution in [0.5, 0.6) is 0 Å². The first-order valence-corrected chi connectivity index (χ1v) is 6.23. The normalized spacial score (nSPS) is 11.2. The molecule has 0 aromatic heterocycles. The number of hydrogen-bond donors (Lipinski definition) is 2. The second kappa shape index (κ2) is 7.51. The van der Waals surface area contributed by atoms with Gasteiger partial charge in [0.25, 0.3) is 0 Å². The zero-order valence-electron chi connectivity index (χ0n) is 9.91. The largest absolute Gasteiger partial charge is 0.481 e. The summed E-state index contributed by atoms with van der Waals surface area (Å²) in [5.41, 5.74) is -0.387. The highest BCUT2D eigenvalue weighted by atomic mass is 32.2. The minimum Gasteiger partial charge on any atom is -0.481 e. The van der Waals surface area contributed by atoms with Gasteiger partial charge < -0.3 is 15.2 Å². The summed E-state index contributed by atoms with van der Waals surface area (Å²) in [5.74, 6) is -0.969. The van der Waals surface area contributed by atoms with Gasteiger partial charge in [0.15, 0.2) is 0 Å². The number of hydrogen-bond acceptors (Lipinski definition) is 4. The minimum absolute atomic E-state index is 0.0533. The van der Waals surface area contributed by atoms with E-state index in [1.165, 1.54) is 0 Å². The molecule has 0 unspecified atom stereocenters. The molecule has 0 aromatic carbocycles. The van der Waals surface area contributed by atoms with Crippen molar-refractivity contribution in [3.63, 3.8) is 0 Å². The Morgan fingerprint density at radius 3 is 2.50 bits per heavy atom. The lowest BCUT2D eigenvalue weighted by Gasteiger charge is -2.24. The summed E-state index contributed by atoms with van der Waals surface area (Å²) < 4.78 is 5.41. The third-order valence-electron chi connectivity index (χ3n) is 1.71. The second-order valence-electron chi connectivity index (χ2n) is 3.86. The lowest BCUT2D eigenvalue weighted by molar-refractivity contribution is -0.133. The molecular formula is C10H19NO4S. The molecule has 0 aliphatic carbocycles. The van der Waals surface area contributed by atoms with Gasteiger partial charge in [-0.2, -0.15) is 0 Å². The minimum atomic E-state index is -0.910. The summed E-state index contributed by atoms with van der Waals surface area (Å²) in [6.07, 6.45) is 0. The van der Waals surface area contributed by atoms with E-state index in [2.05, 4.69) is 5.32 Å². The lowest BCUT2D eigenvalue weighted by Crippen LogP contribution is -2.41. The third kappa shape index (κ3) is 8.55. The molecule has 0 aliphatic rings. The predicted molar refractivity (Wildman–Crippen MR) is 63.7 cm³/mol. The van der Waals surface area contributed by atoms with Gasteiger partial charge in [-0.15, -0.1) is 11.8 Å². The van der Waals surface area contributed by atoms with Crippen LogP contribution < -0.4 is 5.32 Å². The molecule has 2 N–H and O–H groups in total. The Morgan fingerprint density at radius 1 is 1.38 bits per heavy atom. The molecule has 0 spiro atoms. The van der Waals surface area contributed by atoms with Gasteiger partial charge in [-0.1, -0.05) is 0 Å². The molecule has 5 nitrogen and oxygen atoms in total.